The number of fused-ring (bicyclic) bond motifs is 2. The van der Waals surface area contributed by atoms with Crippen molar-refractivity contribution in [2.24, 2.45) is 0 Å². The topological polar surface area (TPSA) is 93.8 Å². The number of nitro groups is 1. The molecule has 2 aromatic heterocycles. The third-order valence-electron chi connectivity index (χ3n) is 5.52. The van der Waals surface area contributed by atoms with Crippen LogP contribution in [0, 0.1) is 20.6 Å². The Morgan fingerprint density at radius 2 is 1.79 bits per heavy atom. The molecule has 0 aliphatic carbocycles. The lowest BCUT2D eigenvalue weighted by atomic mass is 10.1. The van der Waals surface area contributed by atoms with E-state index in [9.17, 15) is 14.9 Å². The number of halogens is 1. The number of para-hydroxylation sites is 1. The molecule has 0 aliphatic rings. The van der Waals surface area contributed by atoms with Crippen molar-refractivity contribution >= 4 is 62.2 Å². The van der Waals surface area contributed by atoms with Crippen LogP contribution >= 0.6 is 22.6 Å². The van der Waals surface area contributed by atoms with Gasteiger partial charge < -0.3 is 4.98 Å². The first-order valence-corrected chi connectivity index (χ1v) is 11.2. The average Bonchev–Trinajstić information content (AvgIpc) is 3.13. The minimum absolute atomic E-state index is 0.0402. The van der Waals surface area contributed by atoms with Gasteiger partial charge in [-0.25, -0.2) is 4.98 Å². The van der Waals surface area contributed by atoms with Crippen molar-refractivity contribution in [1.82, 2.24) is 14.5 Å². The highest BCUT2D eigenvalue weighted by Crippen LogP contribution is 2.25. The number of aromatic nitrogens is 3. The van der Waals surface area contributed by atoms with Gasteiger partial charge in [0.15, 0.2) is 0 Å². The Labute approximate surface area is 201 Å². The number of nitrogens with one attached hydrogen (secondary N) is 1. The van der Waals surface area contributed by atoms with Gasteiger partial charge in [0.05, 0.1) is 21.5 Å². The molecule has 7 nitrogen and oxygen atoms in total. The number of non-ortho nitro benzene ring substituents is 1. The third kappa shape index (κ3) is 3.82. The largest absolute Gasteiger partial charge is 0.358 e. The molecule has 0 bridgehead atoms. The van der Waals surface area contributed by atoms with E-state index in [1.165, 1.54) is 16.7 Å². The fourth-order valence-corrected chi connectivity index (χ4v) is 4.42. The van der Waals surface area contributed by atoms with Crippen molar-refractivity contribution in [3.63, 3.8) is 0 Å². The summed E-state index contributed by atoms with van der Waals surface area (Å²) in [6.45, 7) is 2.00. The molecule has 0 spiro atoms. The van der Waals surface area contributed by atoms with Gasteiger partial charge in [0.25, 0.3) is 11.2 Å². The number of nitrogens with zero attached hydrogens (tertiary/aromatic N) is 3. The molecule has 1 N–H and O–H groups in total. The van der Waals surface area contributed by atoms with Gasteiger partial charge in [-0.1, -0.05) is 18.2 Å². The Hall–Kier alpha value is -3.79. The van der Waals surface area contributed by atoms with Crippen molar-refractivity contribution in [1.29, 1.82) is 0 Å². The highest BCUT2D eigenvalue weighted by atomic mass is 127. The first kappa shape index (κ1) is 21.1. The number of hydrogen-bond donors (Lipinski definition) is 1. The van der Waals surface area contributed by atoms with E-state index < -0.39 is 4.92 Å². The lowest BCUT2D eigenvalue weighted by Crippen LogP contribution is -2.22. The van der Waals surface area contributed by atoms with Crippen LogP contribution in [0.15, 0.2) is 71.5 Å². The first-order valence-electron chi connectivity index (χ1n) is 10.1. The van der Waals surface area contributed by atoms with Gasteiger partial charge in [0, 0.05) is 37.9 Å². The van der Waals surface area contributed by atoms with Gasteiger partial charge in [-0.15, -0.1) is 0 Å². The van der Waals surface area contributed by atoms with E-state index in [4.69, 9.17) is 4.98 Å². The molecule has 5 aromatic rings. The molecular formula is C25H17IN4O3. The monoisotopic (exact) mass is 548 g/mol. The SMILES string of the molecule is Cc1[nH]c2ccccc2c1C=Cc1nc2ccc(I)cc2c(=O)n1-c1ccc([N+](=O)[O-])cc1. The molecule has 33 heavy (non-hydrogen) atoms. The van der Waals surface area contributed by atoms with Gasteiger partial charge in [-0.05, 0) is 78.1 Å². The summed E-state index contributed by atoms with van der Waals surface area (Å²) in [7, 11) is 0. The lowest BCUT2D eigenvalue weighted by Gasteiger charge is -2.11. The smallest absolute Gasteiger partial charge is 0.269 e. The highest BCUT2D eigenvalue weighted by Gasteiger charge is 2.14. The van der Waals surface area contributed by atoms with E-state index >= 15 is 0 Å². The number of H-pyrrole nitrogens is 1. The first-order chi connectivity index (χ1) is 15.9. The Bertz CT molecular complexity index is 1630. The van der Waals surface area contributed by atoms with E-state index in [1.54, 1.807) is 18.2 Å². The second-order valence-corrected chi connectivity index (χ2v) is 8.83. The normalized spacial score (nSPS) is 11.6. The summed E-state index contributed by atoms with van der Waals surface area (Å²) in [5, 5.41) is 12.6. The Morgan fingerprint density at radius 3 is 2.55 bits per heavy atom. The Balaban J connectivity index is 1.73. The second kappa shape index (κ2) is 8.28. The summed E-state index contributed by atoms with van der Waals surface area (Å²) in [6, 6.07) is 19.4. The standard InChI is InChI=1S/C25H17IN4O3/c1-15-19(20-4-2-3-5-22(20)27-15)11-13-24-28-23-12-6-16(26)14-21(23)25(31)29(24)17-7-9-18(10-8-17)30(32)33/h2-14,27H,1H3. The number of aryl methyl sites for hydroxylation is 1. The molecule has 0 amide bonds. The zero-order valence-electron chi connectivity index (χ0n) is 17.4. The van der Waals surface area contributed by atoms with E-state index in [1.807, 2.05) is 55.5 Å². The van der Waals surface area contributed by atoms with Crippen LogP contribution in [0.4, 0.5) is 5.69 Å². The van der Waals surface area contributed by atoms with Crippen LogP contribution in [0.1, 0.15) is 17.1 Å². The summed E-state index contributed by atoms with van der Waals surface area (Å²) in [6.07, 6.45) is 3.75. The minimum atomic E-state index is -0.464. The number of nitro benzene ring substituents is 1. The molecule has 2 heterocycles. The van der Waals surface area contributed by atoms with E-state index in [0.29, 0.717) is 22.4 Å². The van der Waals surface area contributed by atoms with Gasteiger partial charge in [0.1, 0.15) is 5.82 Å². The summed E-state index contributed by atoms with van der Waals surface area (Å²) in [5.41, 5.74) is 3.88. The maximum atomic E-state index is 13.5. The molecule has 0 fully saturated rings. The molecule has 0 unspecified atom stereocenters. The minimum Gasteiger partial charge on any atom is -0.358 e. The highest BCUT2D eigenvalue weighted by molar-refractivity contribution is 14.1. The van der Waals surface area contributed by atoms with Crippen LogP contribution in [0.3, 0.4) is 0 Å². The maximum Gasteiger partial charge on any atom is 0.269 e. The van der Waals surface area contributed by atoms with Crippen LogP contribution in [0.2, 0.25) is 0 Å². The predicted molar refractivity (Wildman–Crippen MR) is 139 cm³/mol. The van der Waals surface area contributed by atoms with Crippen molar-refractivity contribution in [2.75, 3.05) is 0 Å². The maximum absolute atomic E-state index is 13.5. The number of rotatable bonds is 4. The van der Waals surface area contributed by atoms with Gasteiger partial charge in [-0.2, -0.15) is 0 Å². The van der Waals surface area contributed by atoms with Crippen LogP contribution in [-0.4, -0.2) is 19.5 Å². The number of benzene rings is 3. The second-order valence-electron chi connectivity index (χ2n) is 7.59. The molecule has 0 saturated heterocycles. The molecule has 162 valence electrons. The van der Waals surface area contributed by atoms with E-state index in [-0.39, 0.29) is 11.2 Å². The van der Waals surface area contributed by atoms with Crippen molar-refractivity contribution in [2.45, 2.75) is 6.92 Å². The molecule has 3 aromatic carbocycles. The van der Waals surface area contributed by atoms with Crippen molar-refractivity contribution in [3.8, 4) is 5.69 Å². The van der Waals surface area contributed by atoms with Crippen molar-refractivity contribution in [3.05, 3.63) is 108 Å². The van der Waals surface area contributed by atoms with Gasteiger partial charge >= 0.3 is 0 Å². The fourth-order valence-electron chi connectivity index (χ4n) is 3.93. The van der Waals surface area contributed by atoms with Crippen LogP contribution in [0.5, 0.6) is 0 Å². The van der Waals surface area contributed by atoms with E-state index in [2.05, 4.69) is 27.6 Å². The molecule has 8 heteroatoms. The molecule has 0 aliphatic heterocycles. The van der Waals surface area contributed by atoms with Crippen molar-refractivity contribution < 1.29 is 4.92 Å². The number of aromatic amines is 1. The Morgan fingerprint density at radius 1 is 1.03 bits per heavy atom. The molecule has 0 saturated carbocycles. The number of hydrogen-bond acceptors (Lipinski definition) is 4. The van der Waals surface area contributed by atoms with Crippen LogP contribution in [0.25, 0.3) is 39.6 Å². The lowest BCUT2D eigenvalue weighted by molar-refractivity contribution is -0.384. The van der Waals surface area contributed by atoms with Gasteiger partial charge in [-0.3, -0.25) is 19.5 Å². The quantitative estimate of drug-likeness (QED) is 0.173. The zero-order valence-corrected chi connectivity index (χ0v) is 19.6. The van der Waals surface area contributed by atoms with E-state index in [0.717, 1.165) is 25.7 Å². The average molecular weight is 548 g/mol. The van der Waals surface area contributed by atoms with Crippen LogP contribution in [-0.2, 0) is 0 Å². The summed E-state index contributed by atoms with van der Waals surface area (Å²) < 4.78 is 2.41. The van der Waals surface area contributed by atoms with Gasteiger partial charge in [0.2, 0.25) is 0 Å². The summed E-state index contributed by atoms with van der Waals surface area (Å²) in [4.78, 5) is 32.2. The van der Waals surface area contributed by atoms with Crippen LogP contribution < -0.4 is 5.56 Å². The third-order valence-corrected chi connectivity index (χ3v) is 6.19. The summed E-state index contributed by atoms with van der Waals surface area (Å²) >= 11 is 2.16. The summed E-state index contributed by atoms with van der Waals surface area (Å²) in [5.74, 6) is 0.437. The molecule has 5 rings (SSSR count). The predicted octanol–water partition coefficient (Wildman–Crippen LogP) is 5.86. The molecule has 0 atom stereocenters. The Kier molecular flexibility index (Phi) is 5.29. The molecule has 0 radical (unpaired) electrons. The fraction of sp³-hybridized carbons (Fsp3) is 0.0400. The molecular weight excluding hydrogens is 531 g/mol. The zero-order chi connectivity index (χ0) is 23.1.